The zero-order valence-electron chi connectivity index (χ0n) is 15.6. The fourth-order valence-corrected chi connectivity index (χ4v) is 3.16. The van der Waals surface area contributed by atoms with Crippen LogP contribution in [-0.4, -0.2) is 48.5 Å². The lowest BCUT2D eigenvalue weighted by Crippen LogP contribution is -2.50. The summed E-state index contributed by atoms with van der Waals surface area (Å²) >= 11 is 0. The minimum atomic E-state index is -0.493. The lowest BCUT2D eigenvalue weighted by Gasteiger charge is -2.36. The number of carbonyl (C=O) groups is 1. The van der Waals surface area contributed by atoms with E-state index in [9.17, 15) is 14.9 Å². The van der Waals surface area contributed by atoms with Crippen molar-refractivity contribution >= 4 is 17.3 Å². The number of ether oxygens (including phenoxy) is 1. The van der Waals surface area contributed by atoms with Crippen molar-refractivity contribution in [2.75, 3.05) is 37.7 Å². The second-order valence-electron chi connectivity index (χ2n) is 6.72. The molecule has 3 rings (SSSR count). The molecular weight excluding hydrogens is 346 g/mol. The van der Waals surface area contributed by atoms with Crippen LogP contribution in [0.25, 0.3) is 0 Å². The normalized spacial score (nSPS) is 14.1. The minimum absolute atomic E-state index is 0.118. The van der Waals surface area contributed by atoms with E-state index in [1.807, 2.05) is 6.07 Å². The van der Waals surface area contributed by atoms with Crippen molar-refractivity contribution in [2.24, 2.45) is 0 Å². The maximum Gasteiger partial charge on any atom is 0.311 e. The molecule has 0 aliphatic carbocycles. The Hall–Kier alpha value is -3.09. The number of nitrogens with zero attached hydrogens (tertiary/aromatic N) is 3. The molecule has 0 radical (unpaired) electrons. The molecule has 1 aliphatic heterocycles. The van der Waals surface area contributed by atoms with Gasteiger partial charge in [-0.25, -0.2) is 0 Å². The number of nitro groups is 1. The average Bonchev–Trinajstić information content (AvgIpc) is 2.66. The molecule has 1 aliphatic rings. The van der Waals surface area contributed by atoms with Crippen molar-refractivity contribution in [1.82, 2.24) is 4.90 Å². The monoisotopic (exact) mass is 369 g/mol. The number of piperazine rings is 1. The van der Waals surface area contributed by atoms with Crippen LogP contribution in [-0.2, 0) is 4.79 Å². The quantitative estimate of drug-likeness (QED) is 0.598. The van der Waals surface area contributed by atoms with Crippen molar-refractivity contribution < 1.29 is 14.5 Å². The van der Waals surface area contributed by atoms with E-state index in [0.29, 0.717) is 13.1 Å². The van der Waals surface area contributed by atoms with Crippen LogP contribution >= 0.6 is 0 Å². The van der Waals surface area contributed by atoms with E-state index in [2.05, 4.69) is 30.0 Å². The van der Waals surface area contributed by atoms with E-state index >= 15 is 0 Å². The predicted molar refractivity (Wildman–Crippen MR) is 103 cm³/mol. The summed E-state index contributed by atoms with van der Waals surface area (Å²) in [6.45, 7) is 6.34. The van der Waals surface area contributed by atoms with Gasteiger partial charge in [-0.1, -0.05) is 18.2 Å². The number of hydrogen-bond donors (Lipinski definition) is 0. The van der Waals surface area contributed by atoms with Crippen LogP contribution in [0.15, 0.2) is 42.5 Å². The zero-order chi connectivity index (χ0) is 19.4. The molecule has 0 atom stereocenters. The highest BCUT2D eigenvalue weighted by atomic mass is 16.6. The van der Waals surface area contributed by atoms with Crippen LogP contribution in [0.5, 0.6) is 5.75 Å². The first kappa shape index (κ1) is 18.7. The van der Waals surface area contributed by atoms with Crippen molar-refractivity contribution in [3.05, 3.63) is 63.7 Å². The summed E-state index contributed by atoms with van der Waals surface area (Å²) in [5, 5.41) is 11.1. The Morgan fingerprint density at radius 3 is 2.44 bits per heavy atom. The van der Waals surface area contributed by atoms with Gasteiger partial charge >= 0.3 is 5.69 Å². The summed E-state index contributed by atoms with van der Waals surface area (Å²) in [5.74, 6) is -0.0360. The largest absolute Gasteiger partial charge is 0.477 e. The number of rotatable bonds is 5. The molecule has 7 nitrogen and oxygen atoms in total. The molecule has 2 aromatic rings. The minimum Gasteiger partial charge on any atom is -0.477 e. The zero-order valence-corrected chi connectivity index (χ0v) is 15.6. The van der Waals surface area contributed by atoms with Gasteiger partial charge in [0.2, 0.25) is 0 Å². The second-order valence-corrected chi connectivity index (χ2v) is 6.72. The third-order valence-electron chi connectivity index (χ3n) is 4.66. The van der Waals surface area contributed by atoms with Gasteiger partial charge in [0.1, 0.15) is 0 Å². The van der Waals surface area contributed by atoms with Crippen LogP contribution in [0.2, 0.25) is 0 Å². The Bertz CT molecular complexity index is 845. The molecule has 0 aromatic heterocycles. The van der Waals surface area contributed by atoms with E-state index in [1.165, 1.54) is 17.7 Å². The molecule has 0 N–H and O–H groups in total. The molecular formula is C20H23N3O4. The maximum absolute atomic E-state index is 12.4. The van der Waals surface area contributed by atoms with Crippen LogP contribution < -0.4 is 9.64 Å². The van der Waals surface area contributed by atoms with Crippen molar-refractivity contribution in [3.63, 3.8) is 0 Å². The highest BCUT2D eigenvalue weighted by Gasteiger charge is 2.23. The number of aryl methyl sites for hydroxylation is 2. The number of amides is 1. The van der Waals surface area contributed by atoms with Gasteiger partial charge < -0.3 is 14.5 Å². The second kappa shape index (κ2) is 8.07. The van der Waals surface area contributed by atoms with Gasteiger partial charge in [-0.2, -0.15) is 0 Å². The summed E-state index contributed by atoms with van der Waals surface area (Å²) < 4.78 is 5.45. The first-order chi connectivity index (χ1) is 12.9. The Morgan fingerprint density at radius 1 is 1.07 bits per heavy atom. The summed E-state index contributed by atoms with van der Waals surface area (Å²) in [6.07, 6.45) is 0. The predicted octanol–water partition coefficient (Wildman–Crippen LogP) is 2.94. The number of anilines is 1. The number of benzene rings is 2. The summed E-state index contributed by atoms with van der Waals surface area (Å²) in [4.78, 5) is 27.1. The molecule has 0 saturated carbocycles. The fourth-order valence-electron chi connectivity index (χ4n) is 3.16. The van der Waals surface area contributed by atoms with Gasteiger partial charge in [-0.3, -0.25) is 14.9 Å². The van der Waals surface area contributed by atoms with Crippen LogP contribution in [0.3, 0.4) is 0 Å². The number of carbonyl (C=O) groups excluding carboxylic acids is 1. The van der Waals surface area contributed by atoms with E-state index in [-0.39, 0.29) is 24.0 Å². The van der Waals surface area contributed by atoms with Gasteiger partial charge in [-0.15, -0.1) is 0 Å². The standard InChI is InChI=1S/C20H23N3O4/c1-15-4-3-5-17(12-15)21-8-10-22(11-9-21)20(24)14-27-19-7-6-16(2)13-18(19)23(25)26/h3-7,12-13H,8-11,14H2,1-2H3. The van der Waals surface area contributed by atoms with E-state index in [0.717, 1.165) is 24.3 Å². The molecule has 1 saturated heterocycles. The van der Waals surface area contributed by atoms with Crippen LogP contribution in [0.1, 0.15) is 11.1 Å². The Labute approximate surface area is 158 Å². The third kappa shape index (κ3) is 4.55. The van der Waals surface area contributed by atoms with Gasteiger partial charge in [0.05, 0.1) is 4.92 Å². The Balaban J connectivity index is 1.55. The number of nitro benzene ring substituents is 1. The highest BCUT2D eigenvalue weighted by Crippen LogP contribution is 2.27. The molecule has 0 unspecified atom stereocenters. The molecule has 1 heterocycles. The molecule has 0 spiro atoms. The molecule has 1 amide bonds. The van der Waals surface area contributed by atoms with Gasteiger partial charge in [0, 0.05) is 37.9 Å². The Kier molecular flexibility index (Phi) is 5.59. The van der Waals surface area contributed by atoms with Crippen molar-refractivity contribution in [3.8, 4) is 5.75 Å². The number of hydrogen-bond acceptors (Lipinski definition) is 5. The van der Waals surface area contributed by atoms with E-state index in [1.54, 1.807) is 17.9 Å². The highest BCUT2D eigenvalue weighted by molar-refractivity contribution is 5.78. The van der Waals surface area contributed by atoms with Gasteiger partial charge in [0.15, 0.2) is 12.4 Å². The topological polar surface area (TPSA) is 75.9 Å². The Morgan fingerprint density at radius 2 is 1.78 bits per heavy atom. The molecule has 0 bridgehead atoms. The average molecular weight is 369 g/mol. The lowest BCUT2D eigenvalue weighted by atomic mass is 10.2. The van der Waals surface area contributed by atoms with Crippen LogP contribution in [0, 0.1) is 24.0 Å². The van der Waals surface area contributed by atoms with E-state index < -0.39 is 4.92 Å². The van der Waals surface area contributed by atoms with Crippen molar-refractivity contribution in [1.29, 1.82) is 0 Å². The van der Waals surface area contributed by atoms with Crippen molar-refractivity contribution in [2.45, 2.75) is 13.8 Å². The molecule has 27 heavy (non-hydrogen) atoms. The first-order valence-electron chi connectivity index (χ1n) is 8.91. The van der Waals surface area contributed by atoms with E-state index in [4.69, 9.17) is 4.74 Å². The summed E-state index contributed by atoms with van der Waals surface area (Å²) in [7, 11) is 0. The SMILES string of the molecule is Cc1cccc(N2CCN(C(=O)COc3ccc(C)cc3[N+](=O)[O-])CC2)c1. The maximum atomic E-state index is 12.4. The molecule has 7 heteroatoms. The first-order valence-corrected chi connectivity index (χ1v) is 8.91. The van der Waals surface area contributed by atoms with Gasteiger partial charge in [-0.05, 0) is 43.2 Å². The summed E-state index contributed by atoms with van der Waals surface area (Å²) in [6, 6.07) is 13.0. The molecule has 2 aromatic carbocycles. The lowest BCUT2D eigenvalue weighted by molar-refractivity contribution is -0.385. The summed E-state index contributed by atoms with van der Waals surface area (Å²) in [5.41, 5.74) is 3.02. The smallest absolute Gasteiger partial charge is 0.311 e. The fraction of sp³-hybridized carbons (Fsp3) is 0.350. The van der Waals surface area contributed by atoms with Gasteiger partial charge in [0.25, 0.3) is 5.91 Å². The van der Waals surface area contributed by atoms with Crippen LogP contribution in [0.4, 0.5) is 11.4 Å². The third-order valence-corrected chi connectivity index (χ3v) is 4.66. The molecule has 1 fully saturated rings. The molecule has 142 valence electrons.